The third kappa shape index (κ3) is 3.16. The van der Waals surface area contributed by atoms with E-state index in [0.717, 1.165) is 5.56 Å². The number of furan rings is 1. The third-order valence-electron chi connectivity index (χ3n) is 2.98. The van der Waals surface area contributed by atoms with E-state index >= 15 is 0 Å². The average Bonchev–Trinajstić information content (AvgIpc) is 3.12. The molecule has 7 heteroatoms. The Kier molecular flexibility index (Phi) is 4.18. The van der Waals surface area contributed by atoms with Crippen molar-refractivity contribution in [2.24, 2.45) is 0 Å². The van der Waals surface area contributed by atoms with E-state index in [0.29, 0.717) is 16.6 Å². The number of hydrogen-bond acceptors (Lipinski definition) is 3. The Hall–Kier alpha value is -2.24. The van der Waals surface area contributed by atoms with E-state index in [1.54, 1.807) is 23.0 Å². The van der Waals surface area contributed by atoms with Crippen LogP contribution in [0.1, 0.15) is 16.1 Å². The summed E-state index contributed by atoms with van der Waals surface area (Å²) in [5.41, 5.74) is 0.909. The fourth-order valence-electron chi connectivity index (χ4n) is 1.94. The quantitative estimate of drug-likeness (QED) is 0.781. The van der Waals surface area contributed by atoms with Gasteiger partial charge in [-0.05, 0) is 23.8 Å². The smallest absolute Gasteiger partial charge is 0.292 e. The largest absolute Gasteiger partial charge is 0.459 e. The van der Waals surface area contributed by atoms with Gasteiger partial charge in [-0.2, -0.15) is 5.10 Å². The van der Waals surface area contributed by atoms with Gasteiger partial charge in [-0.25, -0.2) is 0 Å². The van der Waals surface area contributed by atoms with Crippen molar-refractivity contribution in [3.8, 4) is 0 Å². The molecule has 1 amide bonds. The predicted octanol–water partition coefficient (Wildman–Crippen LogP) is 4.08. The average molecular weight is 336 g/mol. The van der Waals surface area contributed by atoms with Gasteiger partial charge in [0.15, 0.2) is 11.6 Å². The van der Waals surface area contributed by atoms with Crippen LogP contribution in [-0.4, -0.2) is 15.7 Å². The predicted molar refractivity (Wildman–Crippen MR) is 84.5 cm³/mol. The maximum atomic E-state index is 11.9. The summed E-state index contributed by atoms with van der Waals surface area (Å²) in [6.07, 6.45) is 3.05. The minimum Gasteiger partial charge on any atom is -0.459 e. The lowest BCUT2D eigenvalue weighted by molar-refractivity contribution is 0.0996. The molecule has 0 atom stereocenters. The van der Waals surface area contributed by atoms with Gasteiger partial charge in [-0.1, -0.05) is 41.4 Å². The number of amides is 1. The van der Waals surface area contributed by atoms with E-state index in [1.807, 2.05) is 24.3 Å². The molecular weight excluding hydrogens is 325 g/mol. The number of carbonyl (C=O) groups is 1. The van der Waals surface area contributed by atoms with Gasteiger partial charge in [0.05, 0.1) is 12.8 Å². The van der Waals surface area contributed by atoms with E-state index in [-0.39, 0.29) is 11.6 Å². The van der Waals surface area contributed by atoms with Crippen LogP contribution in [-0.2, 0) is 6.54 Å². The van der Waals surface area contributed by atoms with E-state index in [1.165, 1.54) is 6.26 Å². The molecule has 5 nitrogen and oxygen atoms in total. The Morgan fingerprint density at radius 1 is 1.18 bits per heavy atom. The standard InChI is InChI=1S/C15H11Cl2N3O2/c16-11-5-2-1-4-10(11)8-20-9-12(17)14(19-20)18-15(21)13-6-3-7-22-13/h1-7,9H,8H2,(H,18,19,21). The summed E-state index contributed by atoms with van der Waals surface area (Å²) in [6, 6.07) is 10.7. The SMILES string of the molecule is O=C(Nc1nn(Cc2ccccc2Cl)cc1Cl)c1ccco1. The van der Waals surface area contributed by atoms with Gasteiger partial charge < -0.3 is 9.73 Å². The molecule has 112 valence electrons. The zero-order chi connectivity index (χ0) is 15.5. The molecule has 0 aliphatic carbocycles. The second-order valence-corrected chi connectivity index (χ2v) is 5.36. The highest BCUT2D eigenvalue weighted by atomic mass is 35.5. The number of hydrogen-bond donors (Lipinski definition) is 1. The summed E-state index contributed by atoms with van der Waals surface area (Å²) >= 11 is 12.2. The molecule has 0 spiro atoms. The molecule has 3 rings (SSSR count). The Bertz CT molecular complexity index is 797. The number of rotatable bonds is 4. The molecule has 0 bridgehead atoms. The Balaban J connectivity index is 1.76. The van der Waals surface area contributed by atoms with Gasteiger partial charge in [0.25, 0.3) is 5.91 Å². The van der Waals surface area contributed by atoms with Gasteiger partial charge in [0, 0.05) is 11.2 Å². The zero-order valence-electron chi connectivity index (χ0n) is 11.3. The van der Waals surface area contributed by atoms with Crippen LogP contribution < -0.4 is 5.32 Å². The van der Waals surface area contributed by atoms with Crippen LogP contribution in [0.4, 0.5) is 5.82 Å². The summed E-state index contributed by atoms with van der Waals surface area (Å²) < 4.78 is 6.63. The first kappa shape index (κ1) is 14.7. The normalized spacial score (nSPS) is 10.6. The summed E-state index contributed by atoms with van der Waals surface area (Å²) in [5.74, 6) is 0.0572. The molecular formula is C15H11Cl2N3O2. The molecule has 0 aliphatic rings. The van der Waals surface area contributed by atoms with Gasteiger partial charge >= 0.3 is 0 Å². The van der Waals surface area contributed by atoms with E-state index in [4.69, 9.17) is 27.6 Å². The molecule has 1 N–H and O–H groups in total. The first-order valence-corrected chi connectivity index (χ1v) is 7.20. The number of aromatic nitrogens is 2. The minimum absolute atomic E-state index is 0.191. The second-order valence-electron chi connectivity index (χ2n) is 4.55. The fourth-order valence-corrected chi connectivity index (χ4v) is 2.33. The molecule has 0 radical (unpaired) electrons. The zero-order valence-corrected chi connectivity index (χ0v) is 12.8. The summed E-state index contributed by atoms with van der Waals surface area (Å²) in [5, 5.41) is 7.84. The Morgan fingerprint density at radius 2 is 2.00 bits per heavy atom. The van der Waals surface area contributed by atoms with Crippen molar-refractivity contribution in [2.45, 2.75) is 6.54 Å². The van der Waals surface area contributed by atoms with E-state index in [2.05, 4.69) is 10.4 Å². The molecule has 0 saturated heterocycles. The van der Waals surface area contributed by atoms with Crippen molar-refractivity contribution < 1.29 is 9.21 Å². The topological polar surface area (TPSA) is 60.1 Å². The minimum atomic E-state index is -0.408. The highest BCUT2D eigenvalue weighted by Gasteiger charge is 2.14. The van der Waals surface area contributed by atoms with Crippen molar-refractivity contribution in [2.75, 3.05) is 5.32 Å². The van der Waals surface area contributed by atoms with Crippen molar-refractivity contribution in [3.63, 3.8) is 0 Å². The Morgan fingerprint density at radius 3 is 2.73 bits per heavy atom. The monoisotopic (exact) mass is 335 g/mol. The summed E-state index contributed by atoms with van der Waals surface area (Å²) in [6.45, 7) is 0.454. The van der Waals surface area contributed by atoms with E-state index in [9.17, 15) is 4.79 Å². The molecule has 2 aromatic heterocycles. The van der Waals surface area contributed by atoms with Crippen LogP contribution >= 0.6 is 23.2 Å². The Labute approximate surface area is 136 Å². The lowest BCUT2D eigenvalue weighted by Crippen LogP contribution is -2.12. The lowest BCUT2D eigenvalue weighted by Gasteiger charge is -2.04. The van der Waals surface area contributed by atoms with Crippen molar-refractivity contribution >= 4 is 34.9 Å². The molecule has 22 heavy (non-hydrogen) atoms. The first-order valence-electron chi connectivity index (χ1n) is 6.44. The van der Waals surface area contributed by atoms with Gasteiger partial charge in [0.1, 0.15) is 5.02 Å². The molecule has 2 heterocycles. The molecule has 0 saturated carbocycles. The summed E-state index contributed by atoms with van der Waals surface area (Å²) in [7, 11) is 0. The molecule has 1 aromatic carbocycles. The second kappa shape index (κ2) is 6.25. The highest BCUT2D eigenvalue weighted by Crippen LogP contribution is 2.22. The number of carbonyl (C=O) groups excluding carboxylic acids is 1. The maximum Gasteiger partial charge on any atom is 0.292 e. The molecule has 0 unspecified atom stereocenters. The maximum absolute atomic E-state index is 11.9. The fraction of sp³-hybridized carbons (Fsp3) is 0.0667. The van der Waals surface area contributed by atoms with Crippen LogP contribution in [0.2, 0.25) is 10.0 Å². The van der Waals surface area contributed by atoms with Crippen molar-refractivity contribution in [1.82, 2.24) is 9.78 Å². The first-order chi connectivity index (χ1) is 10.6. The summed E-state index contributed by atoms with van der Waals surface area (Å²) in [4.78, 5) is 11.9. The molecule has 3 aromatic rings. The number of nitrogens with one attached hydrogen (secondary N) is 1. The molecule has 0 aliphatic heterocycles. The van der Waals surface area contributed by atoms with Crippen molar-refractivity contribution in [1.29, 1.82) is 0 Å². The van der Waals surface area contributed by atoms with Gasteiger partial charge in [0.2, 0.25) is 0 Å². The van der Waals surface area contributed by atoms with Crippen LogP contribution in [0.3, 0.4) is 0 Å². The van der Waals surface area contributed by atoms with Crippen molar-refractivity contribution in [3.05, 3.63) is 70.2 Å². The number of anilines is 1. The lowest BCUT2D eigenvalue weighted by atomic mass is 10.2. The van der Waals surface area contributed by atoms with Crippen LogP contribution in [0, 0.1) is 0 Å². The number of benzene rings is 1. The number of halogens is 2. The highest BCUT2D eigenvalue weighted by molar-refractivity contribution is 6.33. The van der Waals surface area contributed by atoms with E-state index < -0.39 is 5.91 Å². The number of nitrogens with zero attached hydrogens (tertiary/aromatic N) is 2. The van der Waals surface area contributed by atoms with Crippen LogP contribution in [0.5, 0.6) is 0 Å². The van der Waals surface area contributed by atoms with Crippen LogP contribution in [0.25, 0.3) is 0 Å². The third-order valence-corrected chi connectivity index (χ3v) is 3.63. The molecule has 0 fully saturated rings. The van der Waals surface area contributed by atoms with Gasteiger partial charge in [-0.3, -0.25) is 9.48 Å². The van der Waals surface area contributed by atoms with Crippen LogP contribution in [0.15, 0.2) is 53.3 Å². The van der Waals surface area contributed by atoms with Gasteiger partial charge in [-0.15, -0.1) is 0 Å².